The third kappa shape index (κ3) is 6.92. The predicted molar refractivity (Wildman–Crippen MR) is 130 cm³/mol. The van der Waals surface area contributed by atoms with E-state index in [2.05, 4.69) is 31.8 Å². The van der Waals surface area contributed by atoms with E-state index >= 15 is 0 Å². The van der Waals surface area contributed by atoms with Crippen LogP contribution in [0.4, 0.5) is 0 Å². The van der Waals surface area contributed by atoms with Crippen LogP contribution in [0, 0.1) is 0 Å². The Morgan fingerprint density at radius 1 is 1.06 bits per heavy atom. The van der Waals surface area contributed by atoms with E-state index in [1.807, 2.05) is 42.5 Å². The molecule has 0 bridgehead atoms. The van der Waals surface area contributed by atoms with Crippen LogP contribution in [0.15, 0.2) is 107 Å². The van der Waals surface area contributed by atoms with Gasteiger partial charge in [0.25, 0.3) is 11.8 Å². The van der Waals surface area contributed by atoms with E-state index in [1.54, 1.807) is 42.5 Å². The van der Waals surface area contributed by atoms with E-state index in [4.69, 9.17) is 0 Å². The molecule has 0 aromatic heterocycles. The number of alkyl halides is 1. The van der Waals surface area contributed by atoms with Crippen molar-refractivity contribution in [3.8, 4) is 0 Å². The van der Waals surface area contributed by atoms with Crippen LogP contribution in [0.25, 0.3) is 6.08 Å². The Hall–Kier alpha value is -3.71. The zero-order chi connectivity index (χ0) is 22.8. The fraction of sp³-hybridized carbons (Fsp3) is 0.0800. The van der Waals surface area contributed by atoms with Crippen LogP contribution in [0.2, 0.25) is 0 Å². The van der Waals surface area contributed by atoms with Crippen LogP contribution >= 0.6 is 15.9 Å². The molecule has 0 heterocycles. The molecule has 1 unspecified atom stereocenters. The molecule has 1 aliphatic rings. The Morgan fingerprint density at radius 2 is 1.75 bits per heavy atom. The van der Waals surface area contributed by atoms with Gasteiger partial charge in [-0.3, -0.25) is 9.59 Å². The number of carbonyl (C=O) groups is 2. The Balaban J connectivity index is 1.74. The lowest BCUT2D eigenvalue weighted by Gasteiger charge is -2.12. The molecule has 3 N–H and O–H groups in total. The van der Waals surface area contributed by atoms with E-state index in [1.165, 1.54) is 12.3 Å². The van der Waals surface area contributed by atoms with Crippen LogP contribution in [-0.2, 0) is 4.79 Å². The maximum Gasteiger partial charge on any atom is 0.287 e. The minimum atomic E-state index is -0.593. The Labute approximate surface area is 194 Å². The first-order chi connectivity index (χ1) is 15.5. The number of halogens is 1. The largest absolute Gasteiger partial charge is 0.508 e. The number of hydrogen-bond donors (Lipinski definition) is 3. The highest BCUT2D eigenvalue weighted by atomic mass is 79.9. The van der Waals surface area contributed by atoms with Gasteiger partial charge in [-0.15, -0.1) is 0 Å². The number of aliphatic hydroxyl groups is 1. The lowest BCUT2D eigenvalue weighted by Crippen LogP contribution is -2.32. The second-order valence-corrected chi connectivity index (χ2v) is 8.04. The summed E-state index contributed by atoms with van der Waals surface area (Å²) in [6.45, 7) is 0. The molecule has 0 radical (unpaired) electrons. The summed E-state index contributed by atoms with van der Waals surface area (Å²) in [4.78, 5) is 25.3. The zero-order valence-electron chi connectivity index (χ0n) is 17.1. The molecule has 0 saturated carbocycles. The number of allylic oxidation sites excluding steroid dienone is 5. The van der Waals surface area contributed by atoms with Crippen LogP contribution in [0.1, 0.15) is 22.3 Å². The molecule has 2 amide bonds. The van der Waals surface area contributed by atoms with Crippen molar-refractivity contribution in [2.45, 2.75) is 11.2 Å². The van der Waals surface area contributed by atoms with Crippen LogP contribution in [-0.4, -0.2) is 28.0 Å². The summed E-state index contributed by atoms with van der Waals surface area (Å²) in [5, 5.41) is 16.5. The normalized spacial score (nSPS) is 16.5. The molecular formula is C25H22BrN3O3. The summed E-state index contributed by atoms with van der Waals surface area (Å²) >= 11 is 3.45. The standard InChI is InChI=1S/C25H22BrN3O3/c26-21-14-15-23(30)20(16-21)17-27-29-25(32)22(13-7-10-18-8-3-1-4-9-18)28-24(31)19-11-5-2-6-12-19/h1-15,17,21,30H,16H2,(H,28,31)(H,29,32)/b10-7+,22-13-,27-17+. The molecule has 3 rings (SSSR count). The maximum absolute atomic E-state index is 12.7. The van der Waals surface area contributed by atoms with Crippen LogP contribution in [0.5, 0.6) is 0 Å². The molecule has 1 atom stereocenters. The molecule has 2 aromatic rings. The van der Waals surface area contributed by atoms with Crippen molar-refractivity contribution in [2.24, 2.45) is 5.10 Å². The van der Waals surface area contributed by atoms with Gasteiger partial charge in [0, 0.05) is 16.0 Å². The summed E-state index contributed by atoms with van der Waals surface area (Å²) in [6, 6.07) is 18.2. The van der Waals surface area contributed by atoms with Gasteiger partial charge >= 0.3 is 0 Å². The highest BCUT2D eigenvalue weighted by molar-refractivity contribution is 9.09. The highest BCUT2D eigenvalue weighted by Gasteiger charge is 2.15. The first-order valence-corrected chi connectivity index (χ1v) is 10.8. The van der Waals surface area contributed by atoms with Crippen molar-refractivity contribution in [3.05, 3.63) is 113 Å². The molecule has 0 saturated heterocycles. The van der Waals surface area contributed by atoms with Crippen molar-refractivity contribution in [3.63, 3.8) is 0 Å². The lowest BCUT2D eigenvalue weighted by atomic mass is 10.0. The number of benzene rings is 2. The first-order valence-electron chi connectivity index (χ1n) is 9.90. The zero-order valence-corrected chi connectivity index (χ0v) is 18.7. The number of aliphatic hydroxyl groups excluding tert-OH is 1. The van der Waals surface area contributed by atoms with Crippen LogP contribution < -0.4 is 10.7 Å². The molecule has 0 aliphatic heterocycles. The van der Waals surface area contributed by atoms with Gasteiger partial charge in [0.1, 0.15) is 11.5 Å². The van der Waals surface area contributed by atoms with Crippen molar-refractivity contribution in [2.75, 3.05) is 0 Å². The second-order valence-electron chi connectivity index (χ2n) is 6.86. The third-order valence-corrected chi connectivity index (χ3v) is 5.10. The molecule has 32 heavy (non-hydrogen) atoms. The van der Waals surface area contributed by atoms with Crippen LogP contribution in [0.3, 0.4) is 0 Å². The number of hydrogen-bond acceptors (Lipinski definition) is 4. The summed E-state index contributed by atoms with van der Waals surface area (Å²) in [6.07, 6.45) is 10.3. The van der Waals surface area contributed by atoms with E-state index in [0.29, 0.717) is 17.6 Å². The van der Waals surface area contributed by atoms with E-state index < -0.39 is 11.8 Å². The average molecular weight is 492 g/mol. The summed E-state index contributed by atoms with van der Waals surface area (Å²) in [5.74, 6) is -0.910. The minimum Gasteiger partial charge on any atom is -0.508 e. The van der Waals surface area contributed by atoms with Gasteiger partial charge in [0.15, 0.2) is 0 Å². The predicted octanol–water partition coefficient (Wildman–Crippen LogP) is 4.65. The van der Waals surface area contributed by atoms with Crippen molar-refractivity contribution in [1.29, 1.82) is 0 Å². The second kappa shape index (κ2) is 11.6. The average Bonchev–Trinajstić information content (AvgIpc) is 2.81. The molecule has 1 aliphatic carbocycles. The number of amides is 2. The molecule has 2 aromatic carbocycles. The van der Waals surface area contributed by atoms with E-state index in [9.17, 15) is 14.7 Å². The smallest absolute Gasteiger partial charge is 0.287 e. The molecule has 0 fully saturated rings. The third-order valence-electron chi connectivity index (χ3n) is 4.47. The Kier molecular flexibility index (Phi) is 8.34. The van der Waals surface area contributed by atoms with E-state index in [-0.39, 0.29) is 16.3 Å². The Bertz CT molecular complexity index is 1100. The monoisotopic (exact) mass is 491 g/mol. The molecule has 162 valence electrons. The number of rotatable bonds is 7. The van der Waals surface area contributed by atoms with Gasteiger partial charge in [-0.2, -0.15) is 5.10 Å². The number of nitrogens with zero attached hydrogens (tertiary/aromatic N) is 1. The fourth-order valence-electron chi connectivity index (χ4n) is 2.81. The van der Waals surface area contributed by atoms with Gasteiger partial charge in [0.2, 0.25) is 0 Å². The summed E-state index contributed by atoms with van der Waals surface area (Å²) in [5.41, 5.74) is 4.39. The quantitative estimate of drug-likeness (QED) is 0.173. The number of hydrazone groups is 1. The SMILES string of the molecule is O=C(N/N=C/C1=C(O)C=CC(Br)C1)/C(=C/C=C/c1ccccc1)NC(=O)c1ccccc1. The molecular weight excluding hydrogens is 470 g/mol. The van der Waals surface area contributed by atoms with Crippen molar-refractivity contribution < 1.29 is 14.7 Å². The number of carbonyl (C=O) groups excluding carboxylic acids is 2. The lowest BCUT2D eigenvalue weighted by molar-refractivity contribution is -0.117. The fourth-order valence-corrected chi connectivity index (χ4v) is 3.31. The maximum atomic E-state index is 12.7. The van der Waals surface area contributed by atoms with Gasteiger partial charge < -0.3 is 10.4 Å². The van der Waals surface area contributed by atoms with Crippen molar-refractivity contribution in [1.82, 2.24) is 10.7 Å². The molecule has 6 nitrogen and oxygen atoms in total. The molecule has 7 heteroatoms. The summed E-state index contributed by atoms with van der Waals surface area (Å²) < 4.78 is 0. The minimum absolute atomic E-state index is 0.0308. The van der Waals surface area contributed by atoms with E-state index in [0.717, 1.165) is 5.56 Å². The summed E-state index contributed by atoms with van der Waals surface area (Å²) in [7, 11) is 0. The number of nitrogens with one attached hydrogen (secondary N) is 2. The van der Waals surface area contributed by atoms with Gasteiger partial charge in [-0.25, -0.2) is 5.43 Å². The van der Waals surface area contributed by atoms with Gasteiger partial charge in [-0.05, 0) is 36.3 Å². The van der Waals surface area contributed by atoms with Gasteiger partial charge in [-0.1, -0.05) is 82.7 Å². The first kappa shape index (κ1) is 23.0. The molecule has 0 spiro atoms. The van der Waals surface area contributed by atoms with Gasteiger partial charge in [0.05, 0.1) is 6.21 Å². The topological polar surface area (TPSA) is 90.8 Å². The van der Waals surface area contributed by atoms with Crippen molar-refractivity contribution >= 4 is 40.0 Å². The Morgan fingerprint density at radius 3 is 2.47 bits per heavy atom. The highest BCUT2D eigenvalue weighted by Crippen LogP contribution is 2.21.